The summed E-state index contributed by atoms with van der Waals surface area (Å²) in [5.74, 6) is 0. The number of nitrogens with one attached hydrogen (secondary N) is 1. The molecule has 1 nitrogen and oxygen atoms in total. The Morgan fingerprint density at radius 3 is 2.59 bits per heavy atom. The molecule has 0 aliphatic rings. The summed E-state index contributed by atoms with van der Waals surface area (Å²) < 4.78 is 0. The van der Waals surface area contributed by atoms with E-state index in [-0.39, 0.29) is 0 Å². The van der Waals surface area contributed by atoms with Gasteiger partial charge in [0, 0.05) is 6.04 Å². The molecule has 0 aliphatic carbocycles. The lowest BCUT2D eigenvalue weighted by Gasteiger charge is -2.17. The molecule has 0 saturated heterocycles. The average Bonchev–Trinajstić information content (AvgIpc) is 2.39. The Labute approximate surface area is 106 Å². The Bertz CT molecular complexity index is 292. The molecule has 0 radical (unpaired) electrons. The van der Waals surface area contributed by atoms with Crippen LogP contribution in [0, 0.1) is 0 Å². The molecule has 0 heterocycles. The summed E-state index contributed by atoms with van der Waals surface area (Å²) in [6.45, 7) is 7.10. The molecule has 1 aromatic rings. The molecule has 0 fully saturated rings. The quantitative estimate of drug-likeness (QED) is 0.488. The summed E-state index contributed by atoms with van der Waals surface area (Å²) in [5.41, 5.74) is 1.40. The lowest BCUT2D eigenvalue weighted by atomic mass is 10.0. The molecular formula is C16H25N. The molecule has 0 amide bonds. The van der Waals surface area contributed by atoms with Crippen LogP contribution in [-0.4, -0.2) is 6.54 Å². The minimum Gasteiger partial charge on any atom is -0.310 e. The number of benzene rings is 1. The second-order valence-electron chi connectivity index (χ2n) is 4.46. The van der Waals surface area contributed by atoms with E-state index in [1.807, 2.05) is 6.08 Å². The largest absolute Gasteiger partial charge is 0.310 e. The van der Waals surface area contributed by atoms with Crippen molar-refractivity contribution in [3.05, 3.63) is 48.6 Å². The maximum Gasteiger partial charge on any atom is 0.0317 e. The number of hydrogen-bond acceptors (Lipinski definition) is 1. The topological polar surface area (TPSA) is 12.0 Å². The molecule has 0 aliphatic heterocycles. The van der Waals surface area contributed by atoms with Crippen molar-refractivity contribution in [2.45, 2.75) is 45.1 Å². The highest BCUT2D eigenvalue weighted by Gasteiger charge is 2.06. The van der Waals surface area contributed by atoms with Gasteiger partial charge >= 0.3 is 0 Å². The fraction of sp³-hybridized carbons (Fsp3) is 0.500. The zero-order valence-electron chi connectivity index (χ0n) is 11.0. The van der Waals surface area contributed by atoms with Crippen LogP contribution in [0.15, 0.2) is 43.0 Å². The van der Waals surface area contributed by atoms with Gasteiger partial charge in [-0.15, -0.1) is 6.58 Å². The number of rotatable bonds is 9. The fourth-order valence-corrected chi connectivity index (χ4v) is 2.05. The van der Waals surface area contributed by atoms with Crippen molar-refractivity contribution in [1.29, 1.82) is 0 Å². The van der Waals surface area contributed by atoms with E-state index in [2.05, 4.69) is 49.2 Å². The molecule has 17 heavy (non-hydrogen) atoms. The molecule has 1 rings (SSSR count). The van der Waals surface area contributed by atoms with Crippen molar-refractivity contribution in [1.82, 2.24) is 5.32 Å². The van der Waals surface area contributed by atoms with Gasteiger partial charge in [-0.05, 0) is 37.8 Å². The van der Waals surface area contributed by atoms with E-state index in [1.54, 1.807) is 0 Å². The van der Waals surface area contributed by atoms with Crippen molar-refractivity contribution >= 4 is 0 Å². The summed E-state index contributed by atoms with van der Waals surface area (Å²) in [4.78, 5) is 0. The van der Waals surface area contributed by atoms with Crippen molar-refractivity contribution in [2.75, 3.05) is 6.54 Å². The zero-order valence-corrected chi connectivity index (χ0v) is 11.0. The molecule has 94 valence electrons. The van der Waals surface area contributed by atoms with Crippen molar-refractivity contribution in [3.8, 4) is 0 Å². The average molecular weight is 231 g/mol. The maximum absolute atomic E-state index is 3.74. The Balaban J connectivity index is 2.22. The molecule has 0 saturated carbocycles. The smallest absolute Gasteiger partial charge is 0.0317 e. The molecule has 1 aromatic carbocycles. The number of hydrogen-bond donors (Lipinski definition) is 1. The summed E-state index contributed by atoms with van der Waals surface area (Å²) >= 11 is 0. The Kier molecular flexibility index (Phi) is 7.40. The highest BCUT2D eigenvalue weighted by atomic mass is 14.9. The highest BCUT2D eigenvalue weighted by molar-refractivity contribution is 5.18. The van der Waals surface area contributed by atoms with Gasteiger partial charge in [0.1, 0.15) is 0 Å². The van der Waals surface area contributed by atoms with Crippen LogP contribution < -0.4 is 5.32 Å². The third-order valence-electron chi connectivity index (χ3n) is 3.09. The number of allylic oxidation sites excluding steroid dienone is 1. The normalized spacial score (nSPS) is 12.3. The molecule has 1 N–H and O–H groups in total. The van der Waals surface area contributed by atoms with Gasteiger partial charge in [-0.3, -0.25) is 0 Å². The Hall–Kier alpha value is -1.08. The third kappa shape index (κ3) is 5.69. The lowest BCUT2D eigenvalue weighted by molar-refractivity contribution is 0.499. The van der Waals surface area contributed by atoms with E-state index in [1.165, 1.54) is 24.8 Å². The first-order valence-corrected chi connectivity index (χ1v) is 6.77. The summed E-state index contributed by atoms with van der Waals surface area (Å²) in [5, 5.41) is 3.64. The van der Waals surface area contributed by atoms with Crippen LogP contribution in [0.3, 0.4) is 0 Å². The second kappa shape index (κ2) is 9.00. The molecule has 1 heteroatoms. The molecule has 0 aromatic heterocycles. The van der Waals surface area contributed by atoms with Gasteiger partial charge in [0.2, 0.25) is 0 Å². The molecule has 1 unspecified atom stereocenters. The van der Waals surface area contributed by atoms with E-state index in [4.69, 9.17) is 0 Å². The first-order valence-electron chi connectivity index (χ1n) is 6.77. The van der Waals surface area contributed by atoms with Crippen molar-refractivity contribution < 1.29 is 0 Å². The van der Waals surface area contributed by atoms with Gasteiger partial charge in [0.05, 0.1) is 0 Å². The summed E-state index contributed by atoms with van der Waals surface area (Å²) in [6.07, 6.45) is 8.13. The van der Waals surface area contributed by atoms with Crippen molar-refractivity contribution in [3.63, 3.8) is 0 Å². The van der Waals surface area contributed by atoms with Crippen LogP contribution in [0.2, 0.25) is 0 Å². The SMILES string of the molecule is C=CCCCCCNC(CC)c1ccccc1. The van der Waals surface area contributed by atoms with Gasteiger partial charge in [0.25, 0.3) is 0 Å². The predicted octanol–water partition coefficient (Wildman–Crippen LogP) is 4.47. The Morgan fingerprint density at radius 1 is 1.18 bits per heavy atom. The van der Waals surface area contributed by atoms with Crippen LogP contribution in [0.1, 0.15) is 50.6 Å². The van der Waals surface area contributed by atoms with Gasteiger partial charge in [-0.2, -0.15) is 0 Å². The minimum absolute atomic E-state index is 0.510. The molecule has 1 atom stereocenters. The zero-order chi connectivity index (χ0) is 12.3. The van der Waals surface area contributed by atoms with Crippen molar-refractivity contribution in [2.24, 2.45) is 0 Å². The Morgan fingerprint density at radius 2 is 1.94 bits per heavy atom. The van der Waals surface area contributed by atoms with E-state index in [0.29, 0.717) is 6.04 Å². The first-order chi connectivity index (χ1) is 8.38. The number of unbranched alkanes of at least 4 members (excludes halogenated alkanes) is 3. The molecule has 0 spiro atoms. The van der Waals surface area contributed by atoms with E-state index in [0.717, 1.165) is 19.4 Å². The summed E-state index contributed by atoms with van der Waals surface area (Å²) in [7, 11) is 0. The standard InChI is InChI=1S/C16H25N/c1-3-5-6-7-11-14-17-16(4-2)15-12-9-8-10-13-15/h3,8-10,12-13,16-17H,1,4-7,11,14H2,2H3. The third-order valence-corrected chi connectivity index (χ3v) is 3.09. The van der Waals surface area contributed by atoms with E-state index in [9.17, 15) is 0 Å². The fourth-order valence-electron chi connectivity index (χ4n) is 2.05. The van der Waals surface area contributed by atoms with Crippen LogP contribution in [0.25, 0.3) is 0 Å². The van der Waals surface area contributed by atoms with E-state index >= 15 is 0 Å². The maximum atomic E-state index is 3.74. The highest BCUT2D eigenvalue weighted by Crippen LogP contribution is 2.15. The van der Waals surface area contributed by atoms with Crippen LogP contribution in [0.4, 0.5) is 0 Å². The monoisotopic (exact) mass is 231 g/mol. The summed E-state index contributed by atoms with van der Waals surface area (Å²) in [6, 6.07) is 11.2. The lowest BCUT2D eigenvalue weighted by Crippen LogP contribution is -2.21. The van der Waals surface area contributed by atoms with Crippen LogP contribution in [0.5, 0.6) is 0 Å². The predicted molar refractivity (Wildman–Crippen MR) is 76.1 cm³/mol. The van der Waals surface area contributed by atoms with E-state index < -0.39 is 0 Å². The van der Waals surface area contributed by atoms with Gasteiger partial charge in [-0.1, -0.05) is 49.8 Å². The molecular weight excluding hydrogens is 206 g/mol. The molecule has 0 bridgehead atoms. The van der Waals surface area contributed by atoms with Crippen LogP contribution in [-0.2, 0) is 0 Å². The van der Waals surface area contributed by atoms with Gasteiger partial charge in [0.15, 0.2) is 0 Å². The second-order valence-corrected chi connectivity index (χ2v) is 4.46. The minimum atomic E-state index is 0.510. The van der Waals surface area contributed by atoms with Gasteiger partial charge in [-0.25, -0.2) is 0 Å². The van der Waals surface area contributed by atoms with Gasteiger partial charge < -0.3 is 5.32 Å². The van der Waals surface area contributed by atoms with Crippen LogP contribution >= 0.6 is 0 Å². The first kappa shape index (κ1) is 14.0.